The third-order valence-corrected chi connectivity index (χ3v) is 2.96. The molecule has 1 aromatic rings. The molecule has 1 rings (SSSR count). The Morgan fingerprint density at radius 1 is 1.18 bits per heavy atom. The molecular weight excluding hydrogens is 216 g/mol. The van der Waals surface area contributed by atoms with Gasteiger partial charge in [0, 0.05) is 0 Å². The molecule has 0 radical (unpaired) electrons. The molecule has 0 saturated heterocycles. The predicted molar refractivity (Wildman–Crippen MR) is 68.8 cm³/mol. The largest absolute Gasteiger partial charge is 0.493 e. The lowest BCUT2D eigenvalue weighted by Gasteiger charge is -2.16. The van der Waals surface area contributed by atoms with Crippen molar-refractivity contribution in [3.05, 3.63) is 23.3 Å². The Morgan fingerprint density at radius 3 is 2.29 bits per heavy atom. The summed E-state index contributed by atoms with van der Waals surface area (Å²) in [5.74, 6) is 1.38. The Balaban J connectivity index is 2.99. The maximum Gasteiger partial charge on any atom is 0.161 e. The summed E-state index contributed by atoms with van der Waals surface area (Å²) in [6.45, 7) is 4.10. The van der Waals surface area contributed by atoms with Gasteiger partial charge in [0.1, 0.15) is 0 Å². The van der Waals surface area contributed by atoms with E-state index in [0.717, 1.165) is 30.4 Å². The van der Waals surface area contributed by atoms with Crippen LogP contribution in [-0.2, 0) is 0 Å². The second-order valence-electron chi connectivity index (χ2n) is 4.22. The molecule has 1 N–H and O–H groups in total. The molecule has 0 aliphatic rings. The lowest BCUT2D eigenvalue weighted by Crippen LogP contribution is -2.02. The molecule has 96 valence electrons. The lowest BCUT2D eigenvalue weighted by atomic mass is 9.98. The molecule has 0 aliphatic carbocycles. The van der Waals surface area contributed by atoms with Crippen LogP contribution in [0, 0.1) is 6.92 Å². The number of rotatable bonds is 6. The third kappa shape index (κ3) is 3.37. The van der Waals surface area contributed by atoms with Gasteiger partial charge in [-0.1, -0.05) is 19.8 Å². The van der Waals surface area contributed by atoms with Crippen molar-refractivity contribution < 1.29 is 14.6 Å². The molecule has 17 heavy (non-hydrogen) atoms. The van der Waals surface area contributed by atoms with Crippen molar-refractivity contribution in [1.29, 1.82) is 0 Å². The van der Waals surface area contributed by atoms with Crippen LogP contribution in [0.3, 0.4) is 0 Å². The van der Waals surface area contributed by atoms with E-state index in [1.165, 1.54) is 0 Å². The lowest BCUT2D eigenvalue weighted by molar-refractivity contribution is 0.163. The van der Waals surface area contributed by atoms with Crippen molar-refractivity contribution in [3.63, 3.8) is 0 Å². The first-order valence-electron chi connectivity index (χ1n) is 6.04. The van der Waals surface area contributed by atoms with Crippen LogP contribution < -0.4 is 9.47 Å². The zero-order valence-corrected chi connectivity index (χ0v) is 11.1. The minimum absolute atomic E-state index is 0.422. The zero-order chi connectivity index (χ0) is 12.8. The Hall–Kier alpha value is -1.22. The molecule has 1 aromatic carbocycles. The normalized spacial score (nSPS) is 12.3. The van der Waals surface area contributed by atoms with Crippen molar-refractivity contribution in [3.8, 4) is 11.5 Å². The minimum atomic E-state index is -0.422. The average molecular weight is 238 g/mol. The molecule has 0 aliphatic heterocycles. The summed E-state index contributed by atoms with van der Waals surface area (Å²) in [7, 11) is 3.22. The highest BCUT2D eigenvalue weighted by atomic mass is 16.5. The smallest absolute Gasteiger partial charge is 0.161 e. The van der Waals surface area contributed by atoms with Crippen LogP contribution in [0.1, 0.15) is 43.4 Å². The summed E-state index contributed by atoms with van der Waals surface area (Å²) in [5, 5.41) is 10.1. The van der Waals surface area contributed by atoms with Gasteiger partial charge in [0.25, 0.3) is 0 Å². The summed E-state index contributed by atoms with van der Waals surface area (Å²) >= 11 is 0. The van der Waals surface area contributed by atoms with Gasteiger partial charge in [-0.05, 0) is 36.6 Å². The summed E-state index contributed by atoms with van der Waals surface area (Å²) in [6, 6.07) is 3.78. The van der Waals surface area contributed by atoms with Crippen LogP contribution >= 0.6 is 0 Å². The standard InChI is InChI=1S/C14H22O3/c1-5-6-7-12(15)11-9-14(17-4)13(16-3)8-10(11)2/h8-9,12,15H,5-7H2,1-4H3. The number of aliphatic hydroxyl groups excluding tert-OH is 1. The second-order valence-corrected chi connectivity index (χ2v) is 4.22. The van der Waals surface area contributed by atoms with Gasteiger partial charge >= 0.3 is 0 Å². The van der Waals surface area contributed by atoms with Gasteiger partial charge in [0.2, 0.25) is 0 Å². The second kappa shape index (κ2) is 6.50. The number of ether oxygens (including phenoxy) is 2. The van der Waals surface area contributed by atoms with E-state index in [1.54, 1.807) is 14.2 Å². The van der Waals surface area contributed by atoms with E-state index in [0.29, 0.717) is 11.5 Å². The topological polar surface area (TPSA) is 38.7 Å². The Kier molecular flexibility index (Phi) is 5.29. The highest BCUT2D eigenvalue weighted by Crippen LogP contribution is 2.34. The first kappa shape index (κ1) is 13.8. The van der Waals surface area contributed by atoms with E-state index >= 15 is 0 Å². The first-order chi connectivity index (χ1) is 8.13. The Morgan fingerprint density at radius 2 is 1.76 bits per heavy atom. The SMILES string of the molecule is CCCCC(O)c1cc(OC)c(OC)cc1C. The number of benzene rings is 1. The van der Waals surface area contributed by atoms with Crippen molar-refractivity contribution in [2.24, 2.45) is 0 Å². The number of hydrogen-bond acceptors (Lipinski definition) is 3. The fourth-order valence-electron chi connectivity index (χ4n) is 1.91. The van der Waals surface area contributed by atoms with Crippen LogP contribution in [0.4, 0.5) is 0 Å². The van der Waals surface area contributed by atoms with Crippen molar-refractivity contribution in [1.82, 2.24) is 0 Å². The summed E-state index contributed by atoms with van der Waals surface area (Å²) in [5.41, 5.74) is 1.96. The summed E-state index contributed by atoms with van der Waals surface area (Å²) in [4.78, 5) is 0. The molecular formula is C14H22O3. The van der Waals surface area contributed by atoms with Crippen molar-refractivity contribution in [2.75, 3.05) is 14.2 Å². The van der Waals surface area contributed by atoms with Gasteiger partial charge in [-0.25, -0.2) is 0 Å². The van der Waals surface area contributed by atoms with E-state index < -0.39 is 6.10 Å². The van der Waals surface area contributed by atoms with E-state index in [1.807, 2.05) is 19.1 Å². The van der Waals surface area contributed by atoms with Gasteiger partial charge in [0.15, 0.2) is 11.5 Å². The molecule has 0 heterocycles. The molecule has 1 atom stereocenters. The van der Waals surface area contributed by atoms with E-state index in [4.69, 9.17) is 9.47 Å². The van der Waals surface area contributed by atoms with Gasteiger partial charge in [-0.2, -0.15) is 0 Å². The Labute approximate surface area is 103 Å². The minimum Gasteiger partial charge on any atom is -0.493 e. The molecule has 1 unspecified atom stereocenters. The molecule has 0 aromatic heterocycles. The van der Waals surface area contributed by atoms with E-state index in [9.17, 15) is 5.11 Å². The highest BCUT2D eigenvalue weighted by Gasteiger charge is 2.14. The third-order valence-electron chi connectivity index (χ3n) is 2.96. The molecule has 3 nitrogen and oxygen atoms in total. The quantitative estimate of drug-likeness (QED) is 0.827. The molecule has 0 amide bonds. The monoisotopic (exact) mass is 238 g/mol. The van der Waals surface area contributed by atoms with Gasteiger partial charge in [-0.15, -0.1) is 0 Å². The van der Waals surface area contributed by atoms with Crippen molar-refractivity contribution in [2.45, 2.75) is 39.2 Å². The fourth-order valence-corrected chi connectivity index (χ4v) is 1.91. The molecule has 3 heteroatoms. The van der Waals surface area contributed by atoms with Gasteiger partial charge in [-0.3, -0.25) is 0 Å². The number of unbranched alkanes of at least 4 members (excludes halogenated alkanes) is 1. The maximum absolute atomic E-state index is 10.1. The number of aryl methyl sites for hydroxylation is 1. The van der Waals surface area contributed by atoms with Crippen LogP contribution in [0.2, 0.25) is 0 Å². The van der Waals surface area contributed by atoms with Crippen LogP contribution in [0.15, 0.2) is 12.1 Å². The fraction of sp³-hybridized carbons (Fsp3) is 0.571. The number of methoxy groups -OCH3 is 2. The first-order valence-corrected chi connectivity index (χ1v) is 6.04. The molecule has 0 saturated carbocycles. The summed E-state index contributed by atoms with van der Waals surface area (Å²) < 4.78 is 10.5. The van der Waals surface area contributed by atoms with Crippen LogP contribution in [0.25, 0.3) is 0 Å². The van der Waals surface area contributed by atoms with E-state index in [2.05, 4.69) is 6.92 Å². The van der Waals surface area contributed by atoms with E-state index in [-0.39, 0.29) is 0 Å². The van der Waals surface area contributed by atoms with Crippen LogP contribution in [-0.4, -0.2) is 19.3 Å². The van der Waals surface area contributed by atoms with Gasteiger partial charge in [0.05, 0.1) is 20.3 Å². The van der Waals surface area contributed by atoms with Crippen molar-refractivity contribution >= 4 is 0 Å². The number of aliphatic hydroxyl groups is 1. The van der Waals surface area contributed by atoms with Crippen LogP contribution in [0.5, 0.6) is 11.5 Å². The molecule has 0 spiro atoms. The highest BCUT2D eigenvalue weighted by molar-refractivity contribution is 5.47. The molecule has 0 fully saturated rings. The maximum atomic E-state index is 10.1. The molecule has 0 bridgehead atoms. The number of hydrogen-bond donors (Lipinski definition) is 1. The summed E-state index contributed by atoms with van der Waals surface area (Å²) in [6.07, 6.45) is 2.47. The predicted octanol–water partition coefficient (Wildman–Crippen LogP) is 3.24. The Bertz CT molecular complexity index is 361. The zero-order valence-electron chi connectivity index (χ0n) is 11.1. The van der Waals surface area contributed by atoms with Gasteiger partial charge < -0.3 is 14.6 Å². The average Bonchev–Trinajstić information content (AvgIpc) is 2.35.